The van der Waals surface area contributed by atoms with Crippen molar-refractivity contribution in [2.45, 2.75) is 19.0 Å². The number of carbonyl (C=O) groups is 1. The standard InChI is InChI=1S/C12H9F3O/c13-12(14,15)10-4-1-8(2-5-10)9-3-6-11(16)7-9/h1-2,4-5,7H,3,6H2. The average Bonchev–Trinajstić information content (AvgIpc) is 2.64. The topological polar surface area (TPSA) is 17.1 Å². The zero-order valence-corrected chi connectivity index (χ0v) is 8.34. The molecule has 1 aliphatic carbocycles. The minimum Gasteiger partial charge on any atom is -0.295 e. The van der Waals surface area contributed by atoms with E-state index in [-0.39, 0.29) is 5.78 Å². The summed E-state index contributed by atoms with van der Waals surface area (Å²) >= 11 is 0. The first kappa shape index (κ1) is 10.9. The molecule has 0 spiro atoms. The highest BCUT2D eigenvalue weighted by molar-refractivity contribution is 6.01. The van der Waals surface area contributed by atoms with E-state index in [1.807, 2.05) is 0 Å². The van der Waals surface area contributed by atoms with Crippen LogP contribution in [0, 0.1) is 0 Å². The van der Waals surface area contributed by atoms with Crippen LogP contribution in [0.4, 0.5) is 13.2 Å². The minimum absolute atomic E-state index is 0.0369. The zero-order valence-electron chi connectivity index (χ0n) is 8.34. The van der Waals surface area contributed by atoms with Gasteiger partial charge < -0.3 is 0 Å². The van der Waals surface area contributed by atoms with Gasteiger partial charge in [-0.05, 0) is 35.8 Å². The van der Waals surface area contributed by atoms with Crippen LogP contribution in [-0.4, -0.2) is 5.78 Å². The summed E-state index contributed by atoms with van der Waals surface area (Å²) in [5, 5.41) is 0. The lowest BCUT2D eigenvalue weighted by atomic mass is 10.0. The van der Waals surface area contributed by atoms with Crippen LogP contribution in [0.3, 0.4) is 0 Å². The SMILES string of the molecule is O=C1C=C(c2ccc(C(F)(F)F)cc2)CC1. The number of hydrogen-bond acceptors (Lipinski definition) is 1. The Hall–Kier alpha value is -1.58. The number of halogens is 3. The molecule has 0 saturated heterocycles. The molecule has 0 unspecified atom stereocenters. The molecule has 0 bridgehead atoms. The fourth-order valence-electron chi connectivity index (χ4n) is 1.70. The van der Waals surface area contributed by atoms with Gasteiger partial charge >= 0.3 is 6.18 Å². The van der Waals surface area contributed by atoms with Crippen molar-refractivity contribution in [3.05, 3.63) is 41.5 Å². The normalized spacial score (nSPS) is 16.4. The molecule has 0 atom stereocenters. The molecule has 0 aromatic heterocycles. The summed E-state index contributed by atoms with van der Waals surface area (Å²) in [6.07, 6.45) is -1.73. The van der Waals surface area contributed by atoms with E-state index in [4.69, 9.17) is 0 Å². The van der Waals surface area contributed by atoms with Gasteiger partial charge in [0.25, 0.3) is 0 Å². The lowest BCUT2D eigenvalue weighted by Crippen LogP contribution is -2.04. The average molecular weight is 226 g/mol. The molecule has 0 heterocycles. The molecular formula is C12H9F3O. The highest BCUT2D eigenvalue weighted by atomic mass is 19.4. The Morgan fingerprint density at radius 2 is 1.62 bits per heavy atom. The molecule has 4 heteroatoms. The summed E-state index contributed by atoms with van der Waals surface area (Å²) in [5.74, 6) is 0.0369. The van der Waals surface area contributed by atoms with E-state index in [1.165, 1.54) is 18.2 Å². The van der Waals surface area contributed by atoms with Gasteiger partial charge in [0.15, 0.2) is 5.78 Å². The maximum Gasteiger partial charge on any atom is 0.416 e. The van der Waals surface area contributed by atoms with Crippen molar-refractivity contribution >= 4 is 11.4 Å². The maximum atomic E-state index is 12.3. The van der Waals surface area contributed by atoms with E-state index in [9.17, 15) is 18.0 Å². The van der Waals surface area contributed by atoms with Gasteiger partial charge in [0.2, 0.25) is 0 Å². The van der Waals surface area contributed by atoms with Crippen molar-refractivity contribution in [2.24, 2.45) is 0 Å². The van der Waals surface area contributed by atoms with Crippen molar-refractivity contribution in [2.75, 3.05) is 0 Å². The number of alkyl halides is 3. The van der Waals surface area contributed by atoms with Crippen LogP contribution in [0.25, 0.3) is 5.57 Å². The van der Waals surface area contributed by atoms with Crippen LogP contribution in [0.5, 0.6) is 0 Å². The van der Waals surface area contributed by atoms with Gasteiger partial charge in [-0.15, -0.1) is 0 Å². The molecule has 0 N–H and O–H groups in total. The number of ketones is 1. The molecule has 1 nitrogen and oxygen atoms in total. The van der Waals surface area contributed by atoms with Gasteiger partial charge in [0.05, 0.1) is 5.56 Å². The summed E-state index contributed by atoms with van der Waals surface area (Å²) in [7, 11) is 0. The fraction of sp³-hybridized carbons (Fsp3) is 0.250. The summed E-state index contributed by atoms with van der Waals surface area (Å²) in [6.45, 7) is 0. The van der Waals surface area contributed by atoms with E-state index in [0.717, 1.165) is 17.7 Å². The second-order valence-corrected chi connectivity index (χ2v) is 3.71. The first-order valence-corrected chi connectivity index (χ1v) is 4.88. The van der Waals surface area contributed by atoms with E-state index < -0.39 is 11.7 Å². The molecule has 0 saturated carbocycles. The van der Waals surface area contributed by atoms with E-state index in [2.05, 4.69) is 0 Å². The fourth-order valence-corrected chi connectivity index (χ4v) is 1.70. The molecule has 0 fully saturated rings. The monoisotopic (exact) mass is 226 g/mol. The smallest absolute Gasteiger partial charge is 0.295 e. The van der Waals surface area contributed by atoms with Crippen LogP contribution >= 0.6 is 0 Å². The second-order valence-electron chi connectivity index (χ2n) is 3.71. The molecular weight excluding hydrogens is 217 g/mol. The Bertz CT molecular complexity index is 440. The molecule has 84 valence electrons. The summed E-state index contributed by atoms with van der Waals surface area (Å²) in [6, 6.07) is 4.90. The van der Waals surface area contributed by atoms with Crippen LogP contribution in [-0.2, 0) is 11.0 Å². The molecule has 0 aliphatic heterocycles. The van der Waals surface area contributed by atoms with Crippen LogP contribution in [0.15, 0.2) is 30.3 Å². The molecule has 1 aromatic carbocycles. The third kappa shape index (κ3) is 2.15. The molecule has 2 rings (SSSR count). The van der Waals surface area contributed by atoms with Gasteiger partial charge in [-0.25, -0.2) is 0 Å². The van der Waals surface area contributed by atoms with E-state index in [1.54, 1.807) is 0 Å². The third-order valence-electron chi connectivity index (χ3n) is 2.56. The number of benzene rings is 1. The van der Waals surface area contributed by atoms with Gasteiger partial charge in [-0.1, -0.05) is 12.1 Å². The first-order valence-electron chi connectivity index (χ1n) is 4.88. The second kappa shape index (κ2) is 3.77. The highest BCUT2D eigenvalue weighted by Gasteiger charge is 2.30. The predicted molar refractivity (Wildman–Crippen MR) is 53.7 cm³/mol. The maximum absolute atomic E-state index is 12.3. The minimum atomic E-state index is -4.31. The molecule has 0 amide bonds. The zero-order chi connectivity index (χ0) is 11.8. The van der Waals surface area contributed by atoms with Crippen molar-refractivity contribution in [3.8, 4) is 0 Å². The van der Waals surface area contributed by atoms with Crippen LogP contribution in [0.1, 0.15) is 24.0 Å². The predicted octanol–water partition coefficient (Wildman–Crippen LogP) is 3.45. The van der Waals surface area contributed by atoms with Crippen LogP contribution in [0.2, 0.25) is 0 Å². The van der Waals surface area contributed by atoms with Gasteiger partial charge in [-0.2, -0.15) is 13.2 Å². The van der Waals surface area contributed by atoms with Gasteiger partial charge in [0.1, 0.15) is 0 Å². The van der Waals surface area contributed by atoms with Crippen LogP contribution < -0.4 is 0 Å². The highest BCUT2D eigenvalue weighted by Crippen LogP contribution is 2.31. The Kier molecular flexibility index (Phi) is 2.58. The lowest BCUT2D eigenvalue weighted by molar-refractivity contribution is -0.137. The summed E-state index contributed by atoms with van der Waals surface area (Å²) in [5.41, 5.74) is 0.846. The van der Waals surface area contributed by atoms with Crippen molar-refractivity contribution < 1.29 is 18.0 Å². The number of rotatable bonds is 1. The Morgan fingerprint density at radius 1 is 1.00 bits per heavy atom. The van der Waals surface area contributed by atoms with Gasteiger partial charge in [0, 0.05) is 6.42 Å². The van der Waals surface area contributed by atoms with Crippen molar-refractivity contribution in [3.63, 3.8) is 0 Å². The number of carbonyl (C=O) groups excluding carboxylic acids is 1. The molecule has 1 aromatic rings. The van der Waals surface area contributed by atoms with E-state index >= 15 is 0 Å². The lowest BCUT2D eigenvalue weighted by Gasteiger charge is -2.07. The Labute approximate surface area is 90.6 Å². The first-order chi connectivity index (χ1) is 7.47. The quantitative estimate of drug-likeness (QED) is 0.716. The van der Waals surface area contributed by atoms with Gasteiger partial charge in [-0.3, -0.25) is 4.79 Å². The largest absolute Gasteiger partial charge is 0.416 e. The number of allylic oxidation sites excluding steroid dienone is 2. The third-order valence-corrected chi connectivity index (χ3v) is 2.56. The Balaban J connectivity index is 2.27. The Morgan fingerprint density at radius 3 is 2.06 bits per heavy atom. The summed E-state index contributed by atoms with van der Waals surface area (Å²) < 4.78 is 36.9. The molecule has 16 heavy (non-hydrogen) atoms. The van der Waals surface area contributed by atoms with E-state index in [0.29, 0.717) is 18.4 Å². The molecule has 1 aliphatic rings. The van der Waals surface area contributed by atoms with Crippen molar-refractivity contribution in [1.82, 2.24) is 0 Å². The summed E-state index contributed by atoms with van der Waals surface area (Å²) in [4.78, 5) is 11.0. The van der Waals surface area contributed by atoms with Crippen molar-refractivity contribution in [1.29, 1.82) is 0 Å². The molecule has 0 radical (unpaired) electrons. The number of hydrogen-bond donors (Lipinski definition) is 0.